The molecule has 0 unspecified atom stereocenters. The maximum absolute atomic E-state index is 11.2. The van der Waals surface area contributed by atoms with E-state index in [0.717, 1.165) is 5.69 Å². The Morgan fingerprint density at radius 2 is 2.21 bits per heavy atom. The van der Waals surface area contributed by atoms with Crippen LogP contribution < -0.4 is 5.32 Å². The van der Waals surface area contributed by atoms with Crippen molar-refractivity contribution in [2.75, 3.05) is 12.4 Å². The van der Waals surface area contributed by atoms with Crippen LogP contribution >= 0.6 is 11.3 Å². The molecular formula is C10H15NO2S. The number of hydrogen-bond acceptors (Lipinski definition) is 4. The lowest BCUT2D eigenvalue weighted by molar-refractivity contribution is -0.141. The van der Waals surface area contributed by atoms with Crippen molar-refractivity contribution in [1.29, 1.82) is 0 Å². The number of hydrogen-bond donors (Lipinski definition) is 1. The molecule has 0 fully saturated rings. The normalized spacial score (nSPS) is 12.3. The maximum Gasteiger partial charge on any atom is 0.327 e. The lowest BCUT2D eigenvalue weighted by Crippen LogP contribution is -2.27. The Labute approximate surface area is 88.1 Å². The summed E-state index contributed by atoms with van der Waals surface area (Å²) in [4.78, 5) is 12.4. The van der Waals surface area contributed by atoms with Crippen molar-refractivity contribution in [3.05, 3.63) is 15.8 Å². The highest BCUT2D eigenvalue weighted by Crippen LogP contribution is 2.26. The molecule has 0 aliphatic carbocycles. The van der Waals surface area contributed by atoms with Gasteiger partial charge in [0.25, 0.3) is 0 Å². The Morgan fingerprint density at radius 1 is 1.57 bits per heavy atom. The van der Waals surface area contributed by atoms with E-state index in [1.54, 1.807) is 18.3 Å². The molecule has 4 heteroatoms. The standard InChI is InChI=1S/C10H15NO2S/c1-6-5-14-8(3)9(6)11-7(2)10(12)13-4/h5,7,11H,1-4H3/t7-/m0/s1. The summed E-state index contributed by atoms with van der Waals surface area (Å²) in [5, 5.41) is 5.22. The molecule has 0 radical (unpaired) electrons. The third kappa shape index (κ3) is 2.26. The molecule has 1 aromatic heterocycles. The number of aryl methyl sites for hydroxylation is 2. The molecule has 1 rings (SSSR count). The number of carbonyl (C=O) groups is 1. The number of anilines is 1. The molecule has 1 atom stereocenters. The highest BCUT2D eigenvalue weighted by molar-refractivity contribution is 7.10. The second kappa shape index (κ2) is 4.46. The van der Waals surface area contributed by atoms with Crippen LogP contribution in [0.5, 0.6) is 0 Å². The van der Waals surface area contributed by atoms with Gasteiger partial charge in [-0.2, -0.15) is 0 Å². The van der Waals surface area contributed by atoms with Crippen molar-refractivity contribution in [2.45, 2.75) is 26.8 Å². The van der Waals surface area contributed by atoms with Gasteiger partial charge in [-0.05, 0) is 31.7 Å². The summed E-state index contributed by atoms with van der Waals surface area (Å²) in [7, 11) is 1.40. The first-order valence-electron chi connectivity index (χ1n) is 4.45. The lowest BCUT2D eigenvalue weighted by atomic mass is 10.2. The van der Waals surface area contributed by atoms with Gasteiger partial charge in [0.15, 0.2) is 0 Å². The van der Waals surface area contributed by atoms with E-state index in [2.05, 4.69) is 15.4 Å². The minimum absolute atomic E-state index is 0.241. The fourth-order valence-corrected chi connectivity index (χ4v) is 2.05. The van der Waals surface area contributed by atoms with E-state index < -0.39 is 0 Å². The van der Waals surface area contributed by atoms with E-state index in [4.69, 9.17) is 0 Å². The summed E-state index contributed by atoms with van der Waals surface area (Å²) < 4.78 is 4.64. The smallest absolute Gasteiger partial charge is 0.327 e. The Balaban J connectivity index is 2.73. The van der Waals surface area contributed by atoms with Crippen LogP contribution in [0.25, 0.3) is 0 Å². The molecule has 0 spiro atoms. The largest absolute Gasteiger partial charge is 0.467 e. The molecule has 14 heavy (non-hydrogen) atoms. The average Bonchev–Trinajstić information content (AvgIpc) is 2.48. The lowest BCUT2D eigenvalue weighted by Gasteiger charge is -2.13. The second-order valence-electron chi connectivity index (χ2n) is 3.24. The summed E-state index contributed by atoms with van der Waals surface area (Å²) in [6, 6.07) is -0.299. The van der Waals surface area contributed by atoms with Crippen molar-refractivity contribution in [2.24, 2.45) is 0 Å². The summed E-state index contributed by atoms with van der Waals surface area (Å²) in [5.74, 6) is -0.241. The number of nitrogens with one attached hydrogen (secondary N) is 1. The van der Waals surface area contributed by atoms with Gasteiger partial charge in [0.2, 0.25) is 0 Å². The zero-order valence-corrected chi connectivity index (χ0v) is 9.70. The van der Waals surface area contributed by atoms with Gasteiger partial charge in [-0.15, -0.1) is 11.3 Å². The van der Waals surface area contributed by atoms with Gasteiger partial charge in [-0.1, -0.05) is 0 Å². The minimum atomic E-state index is -0.299. The first kappa shape index (κ1) is 11.0. The van der Waals surface area contributed by atoms with Crippen LogP contribution in [0.2, 0.25) is 0 Å². The van der Waals surface area contributed by atoms with E-state index in [9.17, 15) is 4.79 Å². The van der Waals surface area contributed by atoms with E-state index in [0.29, 0.717) is 0 Å². The average molecular weight is 213 g/mol. The molecule has 0 saturated heterocycles. The van der Waals surface area contributed by atoms with E-state index in [-0.39, 0.29) is 12.0 Å². The third-order valence-corrected chi connectivity index (χ3v) is 3.10. The number of esters is 1. The van der Waals surface area contributed by atoms with Crippen molar-refractivity contribution < 1.29 is 9.53 Å². The van der Waals surface area contributed by atoms with Gasteiger partial charge in [-0.25, -0.2) is 4.79 Å². The number of ether oxygens (including phenoxy) is 1. The van der Waals surface area contributed by atoms with Gasteiger partial charge in [0, 0.05) is 4.88 Å². The SMILES string of the molecule is COC(=O)[C@H](C)Nc1c(C)csc1C. The topological polar surface area (TPSA) is 38.3 Å². The maximum atomic E-state index is 11.2. The molecule has 0 saturated carbocycles. The van der Waals surface area contributed by atoms with Crippen LogP contribution in [0.4, 0.5) is 5.69 Å². The molecule has 0 amide bonds. The molecule has 1 aromatic rings. The Bertz CT molecular complexity index is 313. The molecule has 78 valence electrons. The van der Waals surface area contributed by atoms with Gasteiger partial charge >= 0.3 is 5.97 Å². The Kier molecular flexibility index (Phi) is 3.52. The minimum Gasteiger partial charge on any atom is -0.467 e. The summed E-state index contributed by atoms with van der Waals surface area (Å²) in [6.45, 7) is 5.85. The highest BCUT2D eigenvalue weighted by Gasteiger charge is 2.15. The monoisotopic (exact) mass is 213 g/mol. The summed E-state index contributed by atoms with van der Waals surface area (Å²) in [6.07, 6.45) is 0. The van der Waals surface area contributed by atoms with Gasteiger partial charge < -0.3 is 10.1 Å². The summed E-state index contributed by atoms with van der Waals surface area (Å²) in [5.41, 5.74) is 2.22. The molecule has 1 heterocycles. The van der Waals surface area contributed by atoms with Crippen LogP contribution in [0, 0.1) is 13.8 Å². The van der Waals surface area contributed by atoms with Crippen LogP contribution in [-0.2, 0) is 9.53 Å². The van der Waals surface area contributed by atoms with Crippen molar-refractivity contribution in [3.63, 3.8) is 0 Å². The van der Waals surface area contributed by atoms with Crippen LogP contribution in [0.1, 0.15) is 17.4 Å². The van der Waals surface area contributed by atoms with Gasteiger partial charge in [-0.3, -0.25) is 0 Å². The zero-order chi connectivity index (χ0) is 10.7. The molecule has 0 aliphatic rings. The molecular weight excluding hydrogens is 198 g/mol. The summed E-state index contributed by atoms with van der Waals surface area (Å²) >= 11 is 1.68. The fourth-order valence-electron chi connectivity index (χ4n) is 1.24. The first-order chi connectivity index (χ1) is 6.56. The Morgan fingerprint density at radius 3 is 2.64 bits per heavy atom. The first-order valence-corrected chi connectivity index (χ1v) is 5.33. The Hall–Kier alpha value is -1.03. The van der Waals surface area contributed by atoms with E-state index in [1.807, 2.05) is 13.8 Å². The number of thiophene rings is 1. The quantitative estimate of drug-likeness (QED) is 0.783. The fraction of sp³-hybridized carbons (Fsp3) is 0.500. The predicted molar refractivity (Wildman–Crippen MR) is 58.9 cm³/mol. The van der Waals surface area contributed by atoms with Gasteiger partial charge in [0.1, 0.15) is 6.04 Å². The molecule has 3 nitrogen and oxygen atoms in total. The highest BCUT2D eigenvalue weighted by atomic mass is 32.1. The number of rotatable bonds is 3. The van der Waals surface area contributed by atoms with Crippen molar-refractivity contribution in [1.82, 2.24) is 0 Å². The van der Waals surface area contributed by atoms with E-state index in [1.165, 1.54) is 17.6 Å². The van der Waals surface area contributed by atoms with Crippen molar-refractivity contribution in [3.8, 4) is 0 Å². The molecule has 0 aromatic carbocycles. The van der Waals surface area contributed by atoms with Crippen LogP contribution in [-0.4, -0.2) is 19.1 Å². The second-order valence-corrected chi connectivity index (χ2v) is 4.32. The predicted octanol–water partition coefficient (Wildman–Crippen LogP) is 2.34. The van der Waals surface area contributed by atoms with Crippen LogP contribution in [0.3, 0.4) is 0 Å². The van der Waals surface area contributed by atoms with Gasteiger partial charge in [0.05, 0.1) is 12.8 Å². The number of methoxy groups -OCH3 is 1. The molecule has 0 aliphatic heterocycles. The van der Waals surface area contributed by atoms with E-state index >= 15 is 0 Å². The number of carbonyl (C=O) groups excluding carboxylic acids is 1. The molecule has 0 bridgehead atoms. The van der Waals surface area contributed by atoms with Crippen molar-refractivity contribution >= 4 is 23.0 Å². The van der Waals surface area contributed by atoms with Crippen LogP contribution in [0.15, 0.2) is 5.38 Å². The third-order valence-electron chi connectivity index (χ3n) is 2.07. The molecule has 1 N–H and O–H groups in total. The zero-order valence-electron chi connectivity index (χ0n) is 8.88.